The number of nitrogens with zero attached hydrogens (tertiary/aromatic N) is 3. The van der Waals surface area contributed by atoms with Crippen molar-refractivity contribution in [3.05, 3.63) is 89.6 Å². The van der Waals surface area contributed by atoms with Crippen molar-refractivity contribution in [3.63, 3.8) is 0 Å². The van der Waals surface area contributed by atoms with Gasteiger partial charge < -0.3 is 10.1 Å². The van der Waals surface area contributed by atoms with Gasteiger partial charge >= 0.3 is 0 Å². The second kappa shape index (κ2) is 9.16. The molecule has 0 unspecified atom stereocenters. The highest BCUT2D eigenvalue weighted by atomic mass is 32.2. The highest BCUT2D eigenvalue weighted by Gasteiger charge is 2.53. The lowest BCUT2D eigenvalue weighted by Crippen LogP contribution is -2.69. The summed E-state index contributed by atoms with van der Waals surface area (Å²) < 4.78 is 6.40. The Kier molecular flexibility index (Phi) is 5.93. The number of β-lactam (4-membered cyclic amide) rings is 1. The van der Waals surface area contributed by atoms with Crippen LogP contribution in [-0.4, -0.2) is 54.6 Å². The standard InChI is InChI=1S/C23H19N5O3S2/c29-13-25-17-21(30)28-18(16(11-33-22(17)28)20-24-12-26-27-20)23(32)31-19(14-7-3-1-4-8-14)15-9-5-2-6-10-15/h1-10,12-13,17,19,22H,11H2,(H,25,29)(H,24,26,27)/t17-,22-/m1/s1. The van der Waals surface area contributed by atoms with E-state index in [1.165, 1.54) is 18.1 Å². The molecule has 5 rings (SSSR count). The van der Waals surface area contributed by atoms with Crippen LogP contribution in [0.4, 0.5) is 0 Å². The largest absolute Gasteiger partial charge is 0.469 e. The van der Waals surface area contributed by atoms with Crippen molar-refractivity contribution in [2.24, 2.45) is 0 Å². The normalized spacial score (nSPS) is 19.7. The van der Waals surface area contributed by atoms with E-state index in [1.807, 2.05) is 60.7 Å². The third-order valence-electron chi connectivity index (χ3n) is 5.54. The zero-order valence-electron chi connectivity index (χ0n) is 17.3. The van der Waals surface area contributed by atoms with Crippen LogP contribution in [0.15, 0.2) is 72.7 Å². The van der Waals surface area contributed by atoms with Crippen molar-refractivity contribution in [1.82, 2.24) is 25.4 Å². The number of thioether (sulfide) groups is 1. The number of fused-ring (bicyclic) bond motifs is 1. The first-order valence-electron chi connectivity index (χ1n) is 10.2. The number of ether oxygens (including phenoxy) is 1. The number of hydrogen-bond donors (Lipinski definition) is 2. The second-order valence-electron chi connectivity index (χ2n) is 7.44. The average Bonchev–Trinajstić information content (AvgIpc) is 3.40. The summed E-state index contributed by atoms with van der Waals surface area (Å²) in [6, 6.07) is 19.0. The number of aromatic amines is 1. The van der Waals surface area contributed by atoms with Crippen molar-refractivity contribution in [2.45, 2.75) is 17.5 Å². The smallest absolute Gasteiger partial charge is 0.253 e. The lowest BCUT2D eigenvalue weighted by molar-refractivity contribution is -0.143. The summed E-state index contributed by atoms with van der Waals surface area (Å²) in [6.07, 6.45) is 1.49. The maximum atomic E-state index is 12.9. The fourth-order valence-corrected chi connectivity index (χ4v) is 5.66. The highest BCUT2D eigenvalue weighted by molar-refractivity contribution is 8.00. The molecule has 8 nitrogen and oxygen atoms in total. The summed E-state index contributed by atoms with van der Waals surface area (Å²) in [5, 5.41) is 9.32. The molecule has 1 fully saturated rings. The first kappa shape index (κ1) is 21.4. The molecule has 10 heteroatoms. The van der Waals surface area contributed by atoms with E-state index in [-0.39, 0.29) is 16.3 Å². The molecule has 0 bridgehead atoms. The topological polar surface area (TPSA) is 100 Å². The van der Waals surface area contributed by atoms with Crippen molar-refractivity contribution < 1.29 is 14.3 Å². The third kappa shape index (κ3) is 3.91. The predicted octanol–water partition coefficient (Wildman–Crippen LogP) is 2.68. The Morgan fingerprint density at radius 3 is 2.42 bits per heavy atom. The lowest BCUT2D eigenvalue weighted by atomic mass is 10.0. The molecule has 3 aromatic rings. The number of H-pyrrole nitrogens is 1. The van der Waals surface area contributed by atoms with Gasteiger partial charge in [-0.2, -0.15) is 5.10 Å². The van der Waals surface area contributed by atoms with Crippen molar-refractivity contribution >= 4 is 46.9 Å². The van der Waals surface area contributed by atoms with Crippen LogP contribution in [0.25, 0.3) is 5.57 Å². The molecule has 2 N–H and O–H groups in total. The van der Waals surface area contributed by atoms with Crippen LogP contribution in [0.1, 0.15) is 23.1 Å². The zero-order valence-corrected chi connectivity index (χ0v) is 18.9. The minimum absolute atomic E-state index is 0.183. The molecule has 33 heavy (non-hydrogen) atoms. The van der Waals surface area contributed by atoms with Crippen LogP contribution in [0.3, 0.4) is 0 Å². The molecule has 2 aromatic carbocycles. The summed E-state index contributed by atoms with van der Waals surface area (Å²) in [5.74, 6) is 0.812. The molecule has 0 aliphatic carbocycles. The second-order valence-corrected chi connectivity index (χ2v) is 8.92. The number of amides is 2. The van der Waals surface area contributed by atoms with Gasteiger partial charge in [0.25, 0.3) is 5.91 Å². The lowest BCUT2D eigenvalue weighted by Gasteiger charge is -2.49. The maximum Gasteiger partial charge on any atom is 0.253 e. The Bertz CT molecular complexity index is 1160. The van der Waals surface area contributed by atoms with E-state index in [9.17, 15) is 9.59 Å². The minimum atomic E-state index is -0.597. The molecule has 2 atom stereocenters. The van der Waals surface area contributed by atoms with E-state index < -0.39 is 12.1 Å². The monoisotopic (exact) mass is 477 g/mol. The van der Waals surface area contributed by atoms with Gasteiger partial charge in [0.05, 0.1) is 0 Å². The molecule has 3 heterocycles. The zero-order chi connectivity index (χ0) is 22.8. The number of rotatable bonds is 7. The van der Waals surface area contributed by atoms with Crippen LogP contribution in [-0.2, 0) is 14.3 Å². The summed E-state index contributed by atoms with van der Waals surface area (Å²) >= 11 is 7.31. The van der Waals surface area contributed by atoms with Gasteiger partial charge in [-0.05, 0) is 23.3 Å². The van der Waals surface area contributed by atoms with E-state index in [1.54, 1.807) is 4.90 Å². The summed E-state index contributed by atoms with van der Waals surface area (Å²) in [5.41, 5.74) is 3.09. The number of thiocarbonyl (C=S) groups is 1. The van der Waals surface area contributed by atoms with Gasteiger partial charge in [-0.3, -0.25) is 19.6 Å². The Morgan fingerprint density at radius 1 is 1.18 bits per heavy atom. The van der Waals surface area contributed by atoms with Gasteiger partial charge in [-0.1, -0.05) is 60.7 Å². The van der Waals surface area contributed by atoms with Gasteiger partial charge in [0.2, 0.25) is 11.5 Å². The van der Waals surface area contributed by atoms with E-state index in [0.29, 0.717) is 23.7 Å². The van der Waals surface area contributed by atoms with E-state index >= 15 is 0 Å². The Hall–Kier alpha value is -3.50. The fraction of sp³-hybridized carbons (Fsp3) is 0.174. The van der Waals surface area contributed by atoms with Crippen LogP contribution < -0.4 is 5.32 Å². The van der Waals surface area contributed by atoms with Gasteiger partial charge in [-0.15, -0.1) is 11.8 Å². The van der Waals surface area contributed by atoms with Crippen molar-refractivity contribution in [3.8, 4) is 0 Å². The van der Waals surface area contributed by atoms with Gasteiger partial charge in [0.15, 0.2) is 5.82 Å². The molecular weight excluding hydrogens is 458 g/mol. The Balaban J connectivity index is 1.53. The fourth-order valence-electron chi connectivity index (χ4n) is 3.98. The quantitative estimate of drug-likeness (QED) is 0.307. The number of carbonyl (C=O) groups is 2. The molecule has 2 aliphatic rings. The van der Waals surface area contributed by atoms with E-state index in [2.05, 4.69) is 20.5 Å². The van der Waals surface area contributed by atoms with E-state index in [4.69, 9.17) is 17.0 Å². The molecule has 2 amide bonds. The number of hydrogen-bond acceptors (Lipinski definition) is 7. The van der Waals surface area contributed by atoms with Crippen LogP contribution in [0.5, 0.6) is 0 Å². The predicted molar refractivity (Wildman–Crippen MR) is 128 cm³/mol. The summed E-state index contributed by atoms with van der Waals surface area (Å²) in [7, 11) is 0. The molecule has 1 saturated heterocycles. The highest BCUT2D eigenvalue weighted by Crippen LogP contribution is 2.43. The molecule has 0 spiro atoms. The van der Waals surface area contributed by atoms with Gasteiger partial charge in [-0.25, -0.2) is 4.98 Å². The Morgan fingerprint density at radius 2 is 1.85 bits per heavy atom. The number of benzene rings is 2. The summed E-state index contributed by atoms with van der Waals surface area (Å²) in [6.45, 7) is 0. The first-order valence-corrected chi connectivity index (χ1v) is 11.7. The van der Waals surface area contributed by atoms with Crippen molar-refractivity contribution in [2.75, 3.05) is 5.75 Å². The average molecular weight is 478 g/mol. The summed E-state index contributed by atoms with van der Waals surface area (Å²) in [4.78, 5) is 29.8. The molecule has 2 aliphatic heterocycles. The number of nitrogens with one attached hydrogen (secondary N) is 2. The minimum Gasteiger partial charge on any atom is -0.469 e. The maximum absolute atomic E-state index is 12.9. The van der Waals surface area contributed by atoms with E-state index in [0.717, 1.165) is 16.7 Å². The van der Waals surface area contributed by atoms with Crippen LogP contribution >= 0.6 is 24.0 Å². The van der Waals surface area contributed by atoms with Crippen molar-refractivity contribution in [1.29, 1.82) is 0 Å². The molecular formula is C23H19N5O3S2. The molecule has 0 radical (unpaired) electrons. The van der Waals surface area contributed by atoms with Crippen LogP contribution in [0.2, 0.25) is 0 Å². The van der Waals surface area contributed by atoms with Gasteiger partial charge in [0.1, 0.15) is 29.5 Å². The number of aromatic nitrogens is 3. The van der Waals surface area contributed by atoms with Crippen LogP contribution in [0, 0.1) is 0 Å². The van der Waals surface area contributed by atoms with Gasteiger partial charge in [0, 0.05) is 11.3 Å². The molecule has 166 valence electrons. The Labute approximate surface area is 199 Å². The number of carbonyl (C=O) groups excluding carboxylic acids is 2. The molecule has 1 aromatic heterocycles. The third-order valence-corrected chi connectivity index (χ3v) is 7.11. The SMILES string of the molecule is O=CN[C@@H]1C(=O)N2C(C(=S)OC(c3ccccc3)c3ccccc3)=C(c3ncn[nH]3)CS[C@H]12. The first-order chi connectivity index (χ1) is 16.2. The molecule has 0 saturated carbocycles.